The van der Waals surface area contributed by atoms with E-state index in [0.29, 0.717) is 25.9 Å². The Morgan fingerprint density at radius 2 is 1.86 bits per heavy atom. The van der Waals surface area contributed by atoms with Gasteiger partial charge in [-0.15, -0.1) is 11.8 Å². The summed E-state index contributed by atoms with van der Waals surface area (Å²) in [5, 5.41) is 15.8. The first-order chi connectivity index (χ1) is 17.5. The largest absolute Gasteiger partial charge is 0.396 e. The molecule has 3 aliphatic heterocycles. The van der Waals surface area contributed by atoms with Gasteiger partial charge >= 0.3 is 0 Å². The minimum absolute atomic E-state index is 0.0490. The monoisotopic (exact) mass is 513 g/mol. The molecule has 1 aliphatic carbocycles. The Kier molecular flexibility index (Phi) is 7.63. The molecule has 0 radical (unpaired) electrons. The van der Waals surface area contributed by atoms with E-state index in [2.05, 4.69) is 17.6 Å². The number of rotatable bonds is 9. The van der Waals surface area contributed by atoms with Gasteiger partial charge in [-0.05, 0) is 43.6 Å². The van der Waals surface area contributed by atoms with E-state index in [4.69, 9.17) is 0 Å². The molecule has 2 bridgehead atoms. The second kappa shape index (κ2) is 10.7. The summed E-state index contributed by atoms with van der Waals surface area (Å²) in [6.45, 7) is 3.09. The lowest BCUT2D eigenvalue weighted by Crippen LogP contribution is -2.58. The van der Waals surface area contributed by atoms with Crippen LogP contribution in [-0.2, 0) is 20.9 Å². The van der Waals surface area contributed by atoms with Crippen molar-refractivity contribution in [2.45, 2.75) is 86.9 Å². The molecule has 4 fully saturated rings. The van der Waals surface area contributed by atoms with Gasteiger partial charge in [-0.2, -0.15) is 0 Å². The van der Waals surface area contributed by atoms with Crippen LogP contribution in [0.1, 0.15) is 63.9 Å². The van der Waals surface area contributed by atoms with E-state index in [9.17, 15) is 19.5 Å². The number of hydrogen-bond donors (Lipinski definition) is 3. The molecule has 3 saturated heterocycles. The van der Waals surface area contributed by atoms with Gasteiger partial charge in [-0.3, -0.25) is 14.4 Å². The zero-order valence-electron chi connectivity index (χ0n) is 21.2. The Balaban J connectivity index is 1.40. The van der Waals surface area contributed by atoms with Gasteiger partial charge in [-0.1, -0.05) is 56.5 Å². The molecule has 1 aromatic rings. The Labute approximate surface area is 218 Å². The molecule has 3 heterocycles. The van der Waals surface area contributed by atoms with Gasteiger partial charge in [0.05, 0.1) is 16.6 Å². The van der Waals surface area contributed by atoms with Crippen LogP contribution in [0.2, 0.25) is 0 Å². The van der Waals surface area contributed by atoms with E-state index in [-0.39, 0.29) is 41.5 Å². The first-order valence-electron chi connectivity index (χ1n) is 13.7. The highest BCUT2D eigenvalue weighted by molar-refractivity contribution is 8.02. The van der Waals surface area contributed by atoms with Crippen LogP contribution >= 0.6 is 11.8 Å². The van der Waals surface area contributed by atoms with Crippen LogP contribution in [0.25, 0.3) is 0 Å². The second-order valence-electron chi connectivity index (χ2n) is 11.1. The average Bonchev–Trinajstić information content (AvgIpc) is 3.48. The van der Waals surface area contributed by atoms with Crippen molar-refractivity contribution in [2.75, 3.05) is 13.2 Å². The summed E-state index contributed by atoms with van der Waals surface area (Å²) in [6, 6.07) is 9.41. The first-order valence-corrected chi connectivity index (χ1v) is 14.6. The summed E-state index contributed by atoms with van der Waals surface area (Å²) in [5.41, 5.74) is 1.03. The number of nitrogens with zero attached hydrogens (tertiary/aromatic N) is 1. The summed E-state index contributed by atoms with van der Waals surface area (Å²) in [4.78, 5) is 43.2. The SMILES string of the molecule is CC1C[C@@H]2SC13C(C(=O)NC1CCCCC1)N(CCCCO)C(=O)[C@@H]3[C@@H]2C(=O)NCc1ccccc1. The molecule has 4 aliphatic rings. The smallest absolute Gasteiger partial charge is 0.244 e. The average molecular weight is 514 g/mol. The number of nitrogens with one attached hydrogen (secondary N) is 2. The molecule has 5 rings (SSSR count). The Hall–Kier alpha value is -2.06. The van der Waals surface area contributed by atoms with Crippen LogP contribution in [0.4, 0.5) is 0 Å². The highest BCUT2D eigenvalue weighted by Crippen LogP contribution is 2.68. The summed E-state index contributed by atoms with van der Waals surface area (Å²) >= 11 is 1.73. The molecule has 3 unspecified atom stereocenters. The third kappa shape index (κ3) is 4.44. The van der Waals surface area contributed by atoms with Gasteiger partial charge in [0, 0.05) is 31.0 Å². The number of benzene rings is 1. The zero-order chi connectivity index (χ0) is 25.3. The summed E-state index contributed by atoms with van der Waals surface area (Å²) in [5.74, 6) is -0.916. The number of fused-ring (bicyclic) bond motifs is 1. The lowest BCUT2D eigenvalue weighted by atomic mass is 9.65. The van der Waals surface area contributed by atoms with Crippen molar-refractivity contribution >= 4 is 29.5 Å². The molecular weight excluding hydrogens is 474 g/mol. The van der Waals surface area contributed by atoms with Crippen molar-refractivity contribution < 1.29 is 19.5 Å². The predicted octanol–water partition coefficient (Wildman–Crippen LogP) is 2.86. The van der Waals surface area contributed by atoms with E-state index >= 15 is 0 Å². The number of aliphatic hydroxyl groups is 1. The summed E-state index contributed by atoms with van der Waals surface area (Å²) in [6.07, 6.45) is 7.51. The third-order valence-corrected chi connectivity index (χ3v) is 10.9. The van der Waals surface area contributed by atoms with Gasteiger partial charge in [-0.25, -0.2) is 0 Å². The van der Waals surface area contributed by atoms with Crippen molar-refractivity contribution in [3.8, 4) is 0 Å². The van der Waals surface area contributed by atoms with E-state index in [0.717, 1.165) is 37.7 Å². The molecule has 1 saturated carbocycles. The lowest BCUT2D eigenvalue weighted by molar-refractivity contribution is -0.140. The number of carbonyl (C=O) groups is 3. The topological polar surface area (TPSA) is 98.7 Å². The molecular formula is C28H39N3O4S. The van der Waals surface area contributed by atoms with Crippen molar-refractivity contribution in [1.29, 1.82) is 0 Å². The molecule has 196 valence electrons. The van der Waals surface area contributed by atoms with Crippen LogP contribution in [0.5, 0.6) is 0 Å². The first kappa shape index (κ1) is 25.6. The predicted molar refractivity (Wildman–Crippen MR) is 140 cm³/mol. The maximum absolute atomic E-state index is 14.0. The third-order valence-electron chi connectivity index (χ3n) is 8.86. The molecule has 1 aromatic carbocycles. The van der Waals surface area contributed by atoms with Gasteiger partial charge in [0.15, 0.2) is 0 Å². The number of carbonyl (C=O) groups excluding carboxylic acids is 3. The van der Waals surface area contributed by atoms with Crippen molar-refractivity contribution in [2.24, 2.45) is 17.8 Å². The summed E-state index contributed by atoms with van der Waals surface area (Å²) in [7, 11) is 0. The summed E-state index contributed by atoms with van der Waals surface area (Å²) < 4.78 is -0.575. The van der Waals surface area contributed by atoms with Gasteiger partial charge in [0.25, 0.3) is 0 Å². The van der Waals surface area contributed by atoms with Crippen molar-refractivity contribution in [1.82, 2.24) is 15.5 Å². The fourth-order valence-corrected chi connectivity index (χ4v) is 9.61. The maximum Gasteiger partial charge on any atom is 0.244 e. The molecule has 6 atom stereocenters. The minimum atomic E-state index is -0.575. The minimum Gasteiger partial charge on any atom is -0.396 e. The quantitative estimate of drug-likeness (QED) is 0.441. The fourth-order valence-electron chi connectivity index (χ4n) is 7.18. The fraction of sp³-hybridized carbons (Fsp3) is 0.679. The van der Waals surface area contributed by atoms with E-state index in [1.165, 1.54) is 6.42 Å². The molecule has 36 heavy (non-hydrogen) atoms. The van der Waals surface area contributed by atoms with Crippen LogP contribution in [0.3, 0.4) is 0 Å². The number of aliphatic hydroxyl groups excluding tert-OH is 1. The second-order valence-corrected chi connectivity index (χ2v) is 12.6. The van der Waals surface area contributed by atoms with Gasteiger partial charge in [0.1, 0.15) is 6.04 Å². The Morgan fingerprint density at radius 3 is 2.58 bits per heavy atom. The molecule has 0 aromatic heterocycles. The van der Waals surface area contributed by atoms with Gasteiger partial charge < -0.3 is 20.6 Å². The highest BCUT2D eigenvalue weighted by Gasteiger charge is 2.75. The molecule has 3 N–H and O–H groups in total. The van der Waals surface area contributed by atoms with E-state index in [1.807, 2.05) is 30.3 Å². The lowest BCUT2D eigenvalue weighted by Gasteiger charge is -2.39. The normalized spacial score (nSPS) is 33.6. The number of amides is 3. The zero-order valence-corrected chi connectivity index (χ0v) is 22.0. The molecule has 1 spiro atoms. The van der Waals surface area contributed by atoms with Gasteiger partial charge in [0.2, 0.25) is 17.7 Å². The van der Waals surface area contributed by atoms with E-state index < -0.39 is 22.6 Å². The Morgan fingerprint density at radius 1 is 1.11 bits per heavy atom. The van der Waals surface area contributed by atoms with Crippen LogP contribution in [0, 0.1) is 17.8 Å². The Bertz CT molecular complexity index is 969. The number of unbranched alkanes of at least 4 members (excludes halogenated alkanes) is 1. The standard InChI is InChI=1S/C28H39N3O4S/c1-18-16-21-22(25(33)29-17-19-10-4-2-5-11-19)23-27(35)31(14-8-9-15-32)24(28(18,23)36-21)26(34)30-20-12-6-3-7-13-20/h2,4-5,10-11,18,20-24,32H,3,6-9,12-17H2,1H3,(H,29,33)(H,30,34)/t18?,21-,22+,23-,24?,28?/m0/s1. The number of likely N-dealkylation sites (tertiary alicyclic amines) is 1. The van der Waals surface area contributed by atoms with Crippen LogP contribution in [0.15, 0.2) is 30.3 Å². The molecule has 3 amide bonds. The maximum atomic E-state index is 14.0. The van der Waals surface area contributed by atoms with Crippen LogP contribution in [-0.4, -0.2) is 63.0 Å². The van der Waals surface area contributed by atoms with Crippen LogP contribution < -0.4 is 10.6 Å². The molecule has 8 heteroatoms. The van der Waals surface area contributed by atoms with Crippen molar-refractivity contribution in [3.63, 3.8) is 0 Å². The highest BCUT2D eigenvalue weighted by atomic mass is 32.2. The number of thioether (sulfide) groups is 1. The van der Waals surface area contributed by atoms with E-state index in [1.54, 1.807) is 16.7 Å². The number of hydrogen-bond acceptors (Lipinski definition) is 5. The van der Waals surface area contributed by atoms with Crippen molar-refractivity contribution in [3.05, 3.63) is 35.9 Å². The molecule has 7 nitrogen and oxygen atoms in total.